The van der Waals surface area contributed by atoms with Crippen molar-refractivity contribution in [3.63, 3.8) is 0 Å². The fourth-order valence-electron chi connectivity index (χ4n) is 1.68. The van der Waals surface area contributed by atoms with E-state index in [1.807, 2.05) is 0 Å². The molecular weight excluding hydrogens is 208 g/mol. The summed E-state index contributed by atoms with van der Waals surface area (Å²) in [6.07, 6.45) is 1.27. The van der Waals surface area contributed by atoms with E-state index in [1.165, 1.54) is 0 Å². The Balaban J connectivity index is 2.31. The molecule has 1 fully saturated rings. The molecule has 1 aliphatic heterocycles. The van der Waals surface area contributed by atoms with Gasteiger partial charge in [-0.1, -0.05) is 0 Å². The van der Waals surface area contributed by atoms with E-state index in [9.17, 15) is 4.79 Å². The Morgan fingerprint density at radius 3 is 2.75 bits per heavy atom. The minimum absolute atomic E-state index is 0.427. The molecule has 0 unspecified atom stereocenters. The van der Waals surface area contributed by atoms with Crippen molar-refractivity contribution in [2.75, 3.05) is 20.3 Å². The highest BCUT2D eigenvalue weighted by Crippen LogP contribution is 2.31. The molecule has 2 rings (SSSR count). The highest BCUT2D eigenvalue weighted by atomic mass is 16.7. The largest absolute Gasteiger partial charge is 0.496 e. The lowest BCUT2D eigenvalue weighted by atomic mass is 10.1. The minimum atomic E-state index is -0.427. The van der Waals surface area contributed by atoms with Crippen molar-refractivity contribution in [1.82, 2.24) is 0 Å². The predicted octanol–water partition coefficient (Wildman–Crippen LogP) is 1.94. The molecule has 0 amide bonds. The Bertz CT molecular complexity index is 369. The molecule has 0 radical (unpaired) electrons. The lowest BCUT2D eigenvalue weighted by Crippen LogP contribution is -2.18. The van der Waals surface area contributed by atoms with Gasteiger partial charge in [0.2, 0.25) is 0 Å². The topological polar surface area (TPSA) is 44.8 Å². The van der Waals surface area contributed by atoms with Crippen LogP contribution in [-0.4, -0.2) is 26.6 Å². The molecule has 1 aromatic rings. The number of hydrogen-bond donors (Lipinski definition) is 0. The van der Waals surface area contributed by atoms with Crippen molar-refractivity contribution in [2.24, 2.45) is 0 Å². The summed E-state index contributed by atoms with van der Waals surface area (Å²) in [6.45, 7) is 1.33. The summed E-state index contributed by atoms with van der Waals surface area (Å²) in [5.74, 6) is 0.678. The third-order valence-electron chi connectivity index (χ3n) is 2.47. The van der Waals surface area contributed by atoms with Gasteiger partial charge in [-0.05, 0) is 24.6 Å². The standard InChI is InChI=1S/C12H14O4/c1-14-11-4-3-9(8-13)7-10(11)12-15-5-2-6-16-12/h3-4,7-8,12H,2,5-6H2,1H3. The van der Waals surface area contributed by atoms with Crippen LogP contribution in [0.1, 0.15) is 28.6 Å². The monoisotopic (exact) mass is 222 g/mol. The Labute approximate surface area is 94.1 Å². The molecule has 1 aromatic carbocycles. The number of carbonyl (C=O) groups is 1. The van der Waals surface area contributed by atoms with Crippen LogP contribution in [0.3, 0.4) is 0 Å². The summed E-state index contributed by atoms with van der Waals surface area (Å²) in [5, 5.41) is 0. The van der Waals surface area contributed by atoms with Crippen LogP contribution in [0, 0.1) is 0 Å². The molecule has 4 nitrogen and oxygen atoms in total. The first-order valence-corrected chi connectivity index (χ1v) is 5.21. The van der Waals surface area contributed by atoms with Crippen LogP contribution in [0.4, 0.5) is 0 Å². The smallest absolute Gasteiger partial charge is 0.187 e. The van der Waals surface area contributed by atoms with Crippen LogP contribution in [0.5, 0.6) is 5.75 Å². The summed E-state index contributed by atoms with van der Waals surface area (Å²) >= 11 is 0. The van der Waals surface area contributed by atoms with E-state index in [-0.39, 0.29) is 0 Å². The van der Waals surface area contributed by atoms with Crippen LogP contribution in [0.2, 0.25) is 0 Å². The molecule has 4 heteroatoms. The van der Waals surface area contributed by atoms with E-state index >= 15 is 0 Å². The van der Waals surface area contributed by atoms with Gasteiger partial charge in [-0.3, -0.25) is 4.79 Å². The van der Waals surface area contributed by atoms with Crippen molar-refractivity contribution in [2.45, 2.75) is 12.7 Å². The first-order valence-electron chi connectivity index (χ1n) is 5.21. The zero-order chi connectivity index (χ0) is 11.4. The summed E-state index contributed by atoms with van der Waals surface area (Å²) in [5.41, 5.74) is 1.36. The number of benzene rings is 1. The normalized spacial score (nSPS) is 17.1. The zero-order valence-corrected chi connectivity index (χ0v) is 9.14. The maximum Gasteiger partial charge on any atom is 0.187 e. The average Bonchev–Trinajstić information content (AvgIpc) is 2.39. The Kier molecular flexibility index (Phi) is 3.54. The van der Waals surface area contributed by atoms with E-state index in [4.69, 9.17) is 14.2 Å². The Morgan fingerprint density at radius 1 is 1.38 bits per heavy atom. The van der Waals surface area contributed by atoms with Gasteiger partial charge in [0.05, 0.1) is 25.9 Å². The molecule has 1 heterocycles. The SMILES string of the molecule is COc1ccc(C=O)cc1C1OCCCO1. The van der Waals surface area contributed by atoms with Crippen molar-refractivity contribution in [1.29, 1.82) is 0 Å². The fourth-order valence-corrected chi connectivity index (χ4v) is 1.68. The molecule has 0 aliphatic carbocycles. The van der Waals surface area contributed by atoms with Crippen LogP contribution >= 0.6 is 0 Å². The molecule has 0 spiro atoms. The van der Waals surface area contributed by atoms with Crippen LogP contribution in [0.15, 0.2) is 18.2 Å². The van der Waals surface area contributed by atoms with E-state index in [1.54, 1.807) is 25.3 Å². The number of ether oxygens (including phenoxy) is 3. The molecule has 1 aliphatic rings. The van der Waals surface area contributed by atoms with Gasteiger partial charge >= 0.3 is 0 Å². The van der Waals surface area contributed by atoms with Gasteiger partial charge in [0.25, 0.3) is 0 Å². The summed E-state index contributed by atoms with van der Waals surface area (Å²) in [4.78, 5) is 10.7. The second-order valence-electron chi connectivity index (χ2n) is 3.55. The molecule has 1 saturated heterocycles. The number of methoxy groups -OCH3 is 1. The van der Waals surface area contributed by atoms with Gasteiger partial charge in [-0.25, -0.2) is 0 Å². The van der Waals surface area contributed by atoms with Gasteiger partial charge in [-0.2, -0.15) is 0 Å². The van der Waals surface area contributed by atoms with E-state index in [2.05, 4.69) is 0 Å². The lowest BCUT2D eigenvalue weighted by molar-refractivity contribution is -0.183. The van der Waals surface area contributed by atoms with E-state index < -0.39 is 6.29 Å². The molecule has 0 bridgehead atoms. The minimum Gasteiger partial charge on any atom is -0.496 e. The molecular formula is C12H14O4. The molecule has 86 valence electrons. The van der Waals surface area contributed by atoms with Gasteiger partial charge in [0.1, 0.15) is 12.0 Å². The number of aldehydes is 1. The summed E-state index contributed by atoms with van der Waals surface area (Å²) in [6, 6.07) is 5.19. The molecule has 16 heavy (non-hydrogen) atoms. The van der Waals surface area contributed by atoms with Crippen LogP contribution in [0.25, 0.3) is 0 Å². The predicted molar refractivity (Wildman–Crippen MR) is 57.6 cm³/mol. The third kappa shape index (κ3) is 2.23. The van der Waals surface area contributed by atoms with Crippen molar-refractivity contribution in [3.05, 3.63) is 29.3 Å². The van der Waals surface area contributed by atoms with Crippen LogP contribution < -0.4 is 4.74 Å². The first kappa shape index (κ1) is 11.1. The average molecular weight is 222 g/mol. The molecule has 0 N–H and O–H groups in total. The summed E-state index contributed by atoms with van der Waals surface area (Å²) < 4.78 is 16.2. The Hall–Kier alpha value is -1.39. The highest BCUT2D eigenvalue weighted by molar-refractivity contribution is 5.75. The first-order chi connectivity index (χ1) is 7.85. The number of rotatable bonds is 3. The Morgan fingerprint density at radius 2 is 2.12 bits per heavy atom. The lowest BCUT2D eigenvalue weighted by Gasteiger charge is -2.24. The fraction of sp³-hybridized carbons (Fsp3) is 0.417. The van der Waals surface area contributed by atoms with Gasteiger partial charge in [0, 0.05) is 5.56 Å². The van der Waals surface area contributed by atoms with E-state index in [0.29, 0.717) is 24.5 Å². The van der Waals surface area contributed by atoms with Crippen LogP contribution in [-0.2, 0) is 9.47 Å². The third-order valence-corrected chi connectivity index (χ3v) is 2.47. The second-order valence-corrected chi connectivity index (χ2v) is 3.55. The zero-order valence-electron chi connectivity index (χ0n) is 9.14. The highest BCUT2D eigenvalue weighted by Gasteiger charge is 2.20. The second kappa shape index (κ2) is 5.09. The number of carbonyl (C=O) groups excluding carboxylic acids is 1. The van der Waals surface area contributed by atoms with Gasteiger partial charge in [-0.15, -0.1) is 0 Å². The summed E-state index contributed by atoms with van der Waals surface area (Å²) in [7, 11) is 1.59. The van der Waals surface area contributed by atoms with Crippen molar-refractivity contribution >= 4 is 6.29 Å². The maximum absolute atomic E-state index is 10.7. The molecule has 0 atom stereocenters. The van der Waals surface area contributed by atoms with Gasteiger partial charge in [0.15, 0.2) is 6.29 Å². The van der Waals surface area contributed by atoms with E-state index in [0.717, 1.165) is 18.3 Å². The molecule has 0 aromatic heterocycles. The molecule has 0 saturated carbocycles. The van der Waals surface area contributed by atoms with Gasteiger partial charge < -0.3 is 14.2 Å². The van der Waals surface area contributed by atoms with Crippen molar-refractivity contribution in [3.8, 4) is 5.75 Å². The van der Waals surface area contributed by atoms with Crippen molar-refractivity contribution < 1.29 is 19.0 Å². The number of hydrogen-bond acceptors (Lipinski definition) is 4. The quantitative estimate of drug-likeness (QED) is 0.733. The maximum atomic E-state index is 10.7.